The Morgan fingerprint density at radius 3 is 2.76 bits per heavy atom. The molecule has 1 aromatic carbocycles. The molecule has 1 atom stereocenters. The summed E-state index contributed by atoms with van der Waals surface area (Å²) in [7, 11) is 0. The van der Waals surface area contributed by atoms with Gasteiger partial charge < -0.3 is 5.11 Å². The highest BCUT2D eigenvalue weighted by Gasteiger charge is 2.34. The van der Waals surface area contributed by atoms with Crippen LogP contribution in [0.25, 0.3) is 5.69 Å². The maximum absolute atomic E-state index is 10.9. The van der Waals surface area contributed by atoms with Gasteiger partial charge in [-0.2, -0.15) is 15.0 Å². The zero-order valence-corrected chi connectivity index (χ0v) is 11.9. The minimum atomic E-state index is -0.713. The first-order valence-electron chi connectivity index (χ1n) is 7.05. The zero-order chi connectivity index (χ0) is 14.8. The van der Waals surface area contributed by atoms with E-state index in [-0.39, 0.29) is 11.8 Å². The van der Waals surface area contributed by atoms with Crippen molar-refractivity contribution in [3.8, 4) is 5.69 Å². The molecule has 3 rings (SSSR count). The normalized spacial score (nSPS) is 17.4. The van der Waals surface area contributed by atoms with Crippen molar-refractivity contribution < 1.29 is 9.90 Å². The number of hydrogen-bond acceptors (Lipinski definition) is 4. The van der Waals surface area contributed by atoms with Crippen molar-refractivity contribution in [1.82, 2.24) is 19.9 Å². The van der Waals surface area contributed by atoms with E-state index >= 15 is 0 Å². The van der Waals surface area contributed by atoms with Crippen molar-refractivity contribution in [1.29, 1.82) is 0 Å². The SMILES string of the molecule is CC(C(=O)O)C1CN(Cc2cnn(-c3ccccc3)n2)C1. The number of aliphatic carboxylic acids is 1. The zero-order valence-electron chi connectivity index (χ0n) is 11.9. The van der Waals surface area contributed by atoms with E-state index < -0.39 is 5.97 Å². The van der Waals surface area contributed by atoms with E-state index in [0.29, 0.717) is 0 Å². The second kappa shape index (κ2) is 5.65. The molecule has 1 N–H and O–H groups in total. The molecule has 0 spiro atoms. The number of aromatic nitrogens is 3. The molecule has 1 fully saturated rings. The number of likely N-dealkylation sites (tertiary alicyclic amines) is 1. The highest BCUT2D eigenvalue weighted by molar-refractivity contribution is 5.70. The highest BCUT2D eigenvalue weighted by atomic mass is 16.4. The first-order chi connectivity index (χ1) is 10.1. The Hall–Kier alpha value is -2.21. The summed E-state index contributed by atoms with van der Waals surface area (Å²) in [6.07, 6.45) is 1.76. The van der Waals surface area contributed by atoms with E-state index in [9.17, 15) is 4.79 Å². The Labute approximate surface area is 123 Å². The van der Waals surface area contributed by atoms with Crippen molar-refractivity contribution >= 4 is 5.97 Å². The van der Waals surface area contributed by atoms with E-state index in [0.717, 1.165) is 31.0 Å². The Bertz CT molecular complexity index is 620. The van der Waals surface area contributed by atoms with Crippen LogP contribution in [0.2, 0.25) is 0 Å². The minimum Gasteiger partial charge on any atom is -0.481 e. The molecular formula is C15H18N4O2. The maximum atomic E-state index is 10.9. The first-order valence-corrected chi connectivity index (χ1v) is 7.05. The van der Waals surface area contributed by atoms with Crippen LogP contribution in [0.1, 0.15) is 12.6 Å². The average Bonchev–Trinajstić information content (AvgIpc) is 2.91. The molecule has 1 aliphatic heterocycles. The number of rotatable bonds is 5. The van der Waals surface area contributed by atoms with Gasteiger partial charge in [0.05, 0.1) is 23.5 Å². The summed E-state index contributed by atoms with van der Waals surface area (Å²) in [6, 6.07) is 9.77. The van der Waals surface area contributed by atoms with Crippen LogP contribution in [0.3, 0.4) is 0 Å². The molecule has 6 nitrogen and oxygen atoms in total. The van der Waals surface area contributed by atoms with Gasteiger partial charge in [0.1, 0.15) is 0 Å². The smallest absolute Gasteiger partial charge is 0.306 e. The second-order valence-corrected chi connectivity index (χ2v) is 5.54. The number of para-hydroxylation sites is 1. The lowest BCUT2D eigenvalue weighted by Crippen LogP contribution is -2.50. The van der Waals surface area contributed by atoms with Crippen molar-refractivity contribution in [2.45, 2.75) is 13.5 Å². The van der Waals surface area contributed by atoms with Crippen LogP contribution in [0, 0.1) is 11.8 Å². The lowest BCUT2D eigenvalue weighted by Gasteiger charge is -2.40. The molecule has 1 aliphatic rings. The predicted octanol–water partition coefficient (Wildman–Crippen LogP) is 1.42. The van der Waals surface area contributed by atoms with E-state index in [1.807, 2.05) is 30.3 Å². The fraction of sp³-hybridized carbons (Fsp3) is 0.400. The van der Waals surface area contributed by atoms with Crippen LogP contribution in [-0.2, 0) is 11.3 Å². The van der Waals surface area contributed by atoms with Gasteiger partial charge in [-0.3, -0.25) is 9.69 Å². The third-order valence-corrected chi connectivity index (χ3v) is 3.99. The standard InChI is InChI=1S/C15H18N4O2/c1-11(15(20)21)12-8-18(9-12)10-13-7-16-19(17-13)14-5-3-2-4-6-14/h2-7,11-12H,8-10H2,1H3,(H,20,21). The van der Waals surface area contributed by atoms with Gasteiger partial charge in [0.25, 0.3) is 0 Å². The molecule has 0 radical (unpaired) electrons. The van der Waals surface area contributed by atoms with Crippen molar-refractivity contribution in [2.75, 3.05) is 13.1 Å². The molecule has 21 heavy (non-hydrogen) atoms. The largest absolute Gasteiger partial charge is 0.481 e. The lowest BCUT2D eigenvalue weighted by molar-refractivity contribution is -0.145. The molecule has 0 amide bonds. The molecule has 2 heterocycles. The van der Waals surface area contributed by atoms with Crippen LogP contribution in [0.5, 0.6) is 0 Å². The quantitative estimate of drug-likeness (QED) is 0.900. The van der Waals surface area contributed by atoms with Gasteiger partial charge in [-0.15, -0.1) is 0 Å². The number of nitrogens with zero attached hydrogens (tertiary/aromatic N) is 4. The Kier molecular flexibility index (Phi) is 3.70. The predicted molar refractivity (Wildman–Crippen MR) is 76.9 cm³/mol. The van der Waals surface area contributed by atoms with E-state index in [2.05, 4.69) is 15.1 Å². The third-order valence-electron chi connectivity index (χ3n) is 3.99. The molecule has 0 saturated carbocycles. The molecule has 110 valence electrons. The summed E-state index contributed by atoms with van der Waals surface area (Å²) in [5.74, 6) is -0.748. The summed E-state index contributed by atoms with van der Waals surface area (Å²) in [6.45, 7) is 4.11. The number of carboxylic acid groups (broad SMARTS) is 1. The van der Waals surface area contributed by atoms with Gasteiger partial charge in [-0.25, -0.2) is 0 Å². The van der Waals surface area contributed by atoms with Gasteiger partial charge in [0, 0.05) is 19.6 Å². The Morgan fingerprint density at radius 1 is 1.38 bits per heavy atom. The van der Waals surface area contributed by atoms with Crippen LogP contribution in [0.15, 0.2) is 36.5 Å². The molecule has 6 heteroatoms. The van der Waals surface area contributed by atoms with Gasteiger partial charge >= 0.3 is 5.97 Å². The van der Waals surface area contributed by atoms with Crippen LogP contribution < -0.4 is 0 Å². The van der Waals surface area contributed by atoms with Gasteiger partial charge in [0.2, 0.25) is 0 Å². The highest BCUT2D eigenvalue weighted by Crippen LogP contribution is 2.25. The maximum Gasteiger partial charge on any atom is 0.306 e. The van der Waals surface area contributed by atoms with Crippen molar-refractivity contribution in [2.24, 2.45) is 11.8 Å². The van der Waals surface area contributed by atoms with Gasteiger partial charge in [-0.1, -0.05) is 25.1 Å². The van der Waals surface area contributed by atoms with Crippen LogP contribution in [0.4, 0.5) is 0 Å². The van der Waals surface area contributed by atoms with Gasteiger partial charge in [0.15, 0.2) is 0 Å². The van der Waals surface area contributed by atoms with E-state index in [1.165, 1.54) is 0 Å². The molecule has 1 unspecified atom stereocenters. The monoisotopic (exact) mass is 286 g/mol. The van der Waals surface area contributed by atoms with Crippen molar-refractivity contribution in [3.63, 3.8) is 0 Å². The summed E-state index contributed by atoms with van der Waals surface area (Å²) in [4.78, 5) is 14.7. The fourth-order valence-electron chi connectivity index (χ4n) is 2.54. The number of hydrogen-bond donors (Lipinski definition) is 1. The number of carbonyl (C=O) groups is 1. The van der Waals surface area contributed by atoms with Gasteiger partial charge in [-0.05, 0) is 18.1 Å². The third kappa shape index (κ3) is 2.95. The Balaban J connectivity index is 1.56. The molecule has 1 saturated heterocycles. The molecule has 0 bridgehead atoms. The lowest BCUT2D eigenvalue weighted by atomic mass is 9.87. The first kappa shape index (κ1) is 13.8. The Morgan fingerprint density at radius 2 is 2.10 bits per heavy atom. The summed E-state index contributed by atoms with van der Waals surface area (Å²) >= 11 is 0. The molecule has 2 aromatic rings. The van der Waals surface area contributed by atoms with E-state index in [4.69, 9.17) is 5.11 Å². The average molecular weight is 286 g/mol. The molecule has 1 aromatic heterocycles. The van der Waals surface area contributed by atoms with Crippen molar-refractivity contribution in [3.05, 3.63) is 42.2 Å². The van der Waals surface area contributed by atoms with Crippen LogP contribution in [-0.4, -0.2) is 44.1 Å². The van der Waals surface area contributed by atoms with E-state index in [1.54, 1.807) is 17.9 Å². The summed E-state index contributed by atoms with van der Waals surface area (Å²) < 4.78 is 0. The topological polar surface area (TPSA) is 71.2 Å². The number of carboxylic acids is 1. The molecule has 0 aliphatic carbocycles. The summed E-state index contributed by atoms with van der Waals surface area (Å²) in [5, 5.41) is 17.7. The number of benzene rings is 1. The minimum absolute atomic E-state index is 0.242. The molecular weight excluding hydrogens is 268 g/mol. The fourth-order valence-corrected chi connectivity index (χ4v) is 2.54. The van der Waals surface area contributed by atoms with Crippen LogP contribution >= 0.6 is 0 Å². The second-order valence-electron chi connectivity index (χ2n) is 5.54. The summed E-state index contributed by atoms with van der Waals surface area (Å²) in [5.41, 5.74) is 1.84.